The first-order valence-electron chi connectivity index (χ1n) is 9.27. The highest BCUT2D eigenvalue weighted by molar-refractivity contribution is 9.10. The van der Waals surface area contributed by atoms with Crippen LogP contribution >= 0.6 is 15.9 Å². The highest BCUT2D eigenvalue weighted by Crippen LogP contribution is 2.30. The van der Waals surface area contributed by atoms with E-state index < -0.39 is 0 Å². The number of cyclic esters (lactones) is 1. The van der Waals surface area contributed by atoms with Gasteiger partial charge in [-0.15, -0.1) is 0 Å². The van der Waals surface area contributed by atoms with Crippen LogP contribution in [0.5, 0.6) is 0 Å². The summed E-state index contributed by atoms with van der Waals surface area (Å²) in [5.41, 5.74) is 3.97. The van der Waals surface area contributed by atoms with Crippen molar-refractivity contribution in [1.29, 1.82) is 0 Å². The minimum absolute atomic E-state index is 0.215. The number of hydrazone groups is 1. The van der Waals surface area contributed by atoms with E-state index in [4.69, 9.17) is 9.15 Å². The Bertz CT molecular complexity index is 1250. The number of esters is 1. The second kappa shape index (κ2) is 7.11. The Balaban J connectivity index is 1.43. The van der Waals surface area contributed by atoms with E-state index in [0.717, 1.165) is 15.6 Å². The second-order valence-corrected chi connectivity index (χ2v) is 7.90. The molecule has 0 bridgehead atoms. The predicted molar refractivity (Wildman–Crippen MR) is 116 cm³/mol. The Kier molecular flexibility index (Phi) is 4.40. The van der Waals surface area contributed by atoms with Gasteiger partial charge in [0.25, 0.3) is 5.91 Å². The fraction of sp³-hybridized carbons (Fsp3) is 0.0870. The number of rotatable bonds is 3. The minimum atomic E-state index is -0.322. The van der Waals surface area contributed by atoms with Crippen molar-refractivity contribution in [2.75, 3.05) is 5.01 Å². The maximum atomic E-state index is 12.9. The van der Waals surface area contributed by atoms with Gasteiger partial charge in [0.05, 0.1) is 22.5 Å². The number of benzene rings is 2. The SMILES string of the molecule is CC1=NN(c2ccc(Br)cc2)C(=O)/C1=C/c1ccc(-c2ccc3c(c2)C(=O)OC3)o1. The lowest BCUT2D eigenvalue weighted by Gasteiger charge is -2.11. The van der Waals surface area contributed by atoms with E-state index in [0.29, 0.717) is 40.7 Å². The smallest absolute Gasteiger partial charge is 0.338 e. The lowest BCUT2D eigenvalue weighted by Crippen LogP contribution is -2.21. The lowest BCUT2D eigenvalue weighted by molar-refractivity contribution is -0.114. The van der Waals surface area contributed by atoms with Gasteiger partial charge in [-0.1, -0.05) is 28.1 Å². The van der Waals surface area contributed by atoms with E-state index in [1.807, 2.05) is 42.5 Å². The van der Waals surface area contributed by atoms with Gasteiger partial charge in [-0.25, -0.2) is 4.79 Å². The molecule has 0 aliphatic carbocycles. The van der Waals surface area contributed by atoms with E-state index >= 15 is 0 Å². The number of anilines is 1. The van der Waals surface area contributed by atoms with E-state index in [2.05, 4.69) is 21.0 Å². The molecule has 7 heteroatoms. The summed E-state index contributed by atoms with van der Waals surface area (Å²) >= 11 is 3.39. The molecule has 0 spiro atoms. The summed E-state index contributed by atoms with van der Waals surface area (Å²) in [7, 11) is 0. The van der Waals surface area contributed by atoms with Gasteiger partial charge in [0.2, 0.25) is 0 Å². The molecule has 0 N–H and O–H groups in total. The van der Waals surface area contributed by atoms with Gasteiger partial charge < -0.3 is 9.15 Å². The third-order valence-corrected chi connectivity index (χ3v) is 5.55. The molecule has 0 unspecified atom stereocenters. The quantitative estimate of drug-likeness (QED) is 0.396. The number of hydrogen-bond donors (Lipinski definition) is 0. The molecular formula is C23H15BrN2O4. The number of nitrogens with zero attached hydrogens (tertiary/aromatic N) is 2. The molecule has 3 aromatic rings. The van der Waals surface area contributed by atoms with Gasteiger partial charge in [-0.3, -0.25) is 4.79 Å². The zero-order valence-corrected chi connectivity index (χ0v) is 17.5. The van der Waals surface area contributed by atoms with Gasteiger partial charge in [-0.05, 0) is 55.5 Å². The molecule has 0 saturated carbocycles. The number of fused-ring (bicyclic) bond motifs is 1. The van der Waals surface area contributed by atoms with Crippen LogP contribution in [-0.2, 0) is 16.1 Å². The molecule has 2 aliphatic rings. The Hall–Kier alpha value is -3.45. The molecule has 0 fully saturated rings. The highest BCUT2D eigenvalue weighted by Gasteiger charge is 2.29. The third kappa shape index (κ3) is 3.17. The Morgan fingerprint density at radius 3 is 2.67 bits per heavy atom. The molecule has 1 amide bonds. The second-order valence-electron chi connectivity index (χ2n) is 6.99. The van der Waals surface area contributed by atoms with Gasteiger partial charge in [0, 0.05) is 15.6 Å². The predicted octanol–water partition coefficient (Wildman–Crippen LogP) is 5.19. The normalized spacial score (nSPS) is 16.8. The molecule has 30 heavy (non-hydrogen) atoms. The molecule has 0 radical (unpaired) electrons. The maximum Gasteiger partial charge on any atom is 0.338 e. The van der Waals surface area contributed by atoms with Crippen LogP contribution in [0.3, 0.4) is 0 Å². The molecule has 148 valence electrons. The van der Waals surface area contributed by atoms with Crippen molar-refractivity contribution < 1.29 is 18.7 Å². The van der Waals surface area contributed by atoms with Crippen molar-refractivity contribution in [3.8, 4) is 11.3 Å². The van der Waals surface area contributed by atoms with Crippen LogP contribution in [0.25, 0.3) is 17.4 Å². The summed E-state index contributed by atoms with van der Waals surface area (Å²) in [5.74, 6) is 0.600. The molecule has 5 rings (SSSR count). The van der Waals surface area contributed by atoms with E-state index in [-0.39, 0.29) is 11.9 Å². The number of halogens is 1. The zero-order valence-electron chi connectivity index (χ0n) is 15.9. The summed E-state index contributed by atoms with van der Waals surface area (Å²) in [6.45, 7) is 2.10. The topological polar surface area (TPSA) is 72.1 Å². The number of ether oxygens (including phenoxy) is 1. The van der Waals surface area contributed by atoms with Gasteiger partial charge in [0.15, 0.2) is 0 Å². The molecule has 3 heterocycles. The number of hydrogen-bond acceptors (Lipinski definition) is 5. The highest BCUT2D eigenvalue weighted by atomic mass is 79.9. The Labute approximate surface area is 180 Å². The standard InChI is InChI=1S/C23H15BrN2O4/c1-13-19(22(27)26(25-13)17-6-4-16(24)5-7-17)11-18-8-9-21(30-18)14-2-3-15-12-29-23(28)20(15)10-14/h2-11H,12H2,1H3/b19-11+. The van der Waals surface area contributed by atoms with E-state index in [1.165, 1.54) is 5.01 Å². The average Bonchev–Trinajstić information content (AvgIpc) is 3.43. The summed E-state index contributed by atoms with van der Waals surface area (Å²) in [5, 5.41) is 5.76. The third-order valence-electron chi connectivity index (χ3n) is 5.02. The maximum absolute atomic E-state index is 12.9. The minimum Gasteiger partial charge on any atom is -0.457 e. The van der Waals surface area contributed by atoms with Crippen molar-refractivity contribution in [2.24, 2.45) is 5.10 Å². The van der Waals surface area contributed by atoms with Gasteiger partial charge >= 0.3 is 5.97 Å². The first kappa shape index (κ1) is 18.6. The van der Waals surface area contributed by atoms with Crippen molar-refractivity contribution in [3.63, 3.8) is 0 Å². The Morgan fingerprint density at radius 1 is 1.07 bits per heavy atom. The molecule has 6 nitrogen and oxygen atoms in total. The first-order chi connectivity index (χ1) is 14.5. The molecule has 2 aromatic carbocycles. The summed E-state index contributed by atoms with van der Waals surface area (Å²) in [6, 6.07) is 16.5. The van der Waals surface area contributed by atoms with Crippen molar-refractivity contribution in [2.45, 2.75) is 13.5 Å². The summed E-state index contributed by atoms with van der Waals surface area (Å²) in [6.07, 6.45) is 1.69. The van der Waals surface area contributed by atoms with Crippen molar-refractivity contribution in [1.82, 2.24) is 0 Å². The average molecular weight is 463 g/mol. The van der Waals surface area contributed by atoms with Crippen LogP contribution in [-0.4, -0.2) is 17.6 Å². The summed E-state index contributed by atoms with van der Waals surface area (Å²) < 4.78 is 11.9. The molecule has 0 saturated heterocycles. The van der Waals surface area contributed by atoms with E-state index in [9.17, 15) is 9.59 Å². The summed E-state index contributed by atoms with van der Waals surface area (Å²) in [4.78, 5) is 24.7. The van der Waals surface area contributed by atoms with Crippen LogP contribution in [0.4, 0.5) is 5.69 Å². The van der Waals surface area contributed by atoms with Gasteiger partial charge in [0.1, 0.15) is 18.1 Å². The monoisotopic (exact) mass is 462 g/mol. The fourth-order valence-corrected chi connectivity index (χ4v) is 3.70. The van der Waals surface area contributed by atoms with Crippen molar-refractivity contribution >= 4 is 45.3 Å². The van der Waals surface area contributed by atoms with Crippen molar-refractivity contribution in [3.05, 3.63) is 81.5 Å². The molecule has 0 atom stereocenters. The first-order valence-corrected chi connectivity index (χ1v) is 10.1. The molecule has 1 aromatic heterocycles. The largest absolute Gasteiger partial charge is 0.457 e. The lowest BCUT2D eigenvalue weighted by atomic mass is 10.0. The van der Waals surface area contributed by atoms with Crippen LogP contribution < -0.4 is 5.01 Å². The number of amides is 1. The van der Waals surface area contributed by atoms with E-state index in [1.54, 1.807) is 25.1 Å². The molecule has 2 aliphatic heterocycles. The fourth-order valence-electron chi connectivity index (χ4n) is 3.44. The number of carbonyl (C=O) groups is 2. The number of carbonyl (C=O) groups excluding carboxylic acids is 2. The Morgan fingerprint density at radius 2 is 1.87 bits per heavy atom. The van der Waals surface area contributed by atoms with Crippen LogP contribution in [0.1, 0.15) is 28.6 Å². The van der Waals surface area contributed by atoms with Crippen LogP contribution in [0.2, 0.25) is 0 Å². The van der Waals surface area contributed by atoms with Crippen LogP contribution in [0.15, 0.2) is 74.2 Å². The zero-order chi connectivity index (χ0) is 20.8. The van der Waals surface area contributed by atoms with Gasteiger partial charge in [-0.2, -0.15) is 10.1 Å². The van der Waals surface area contributed by atoms with Crippen LogP contribution in [0, 0.1) is 0 Å². The number of furan rings is 1. The molecular weight excluding hydrogens is 448 g/mol.